The van der Waals surface area contributed by atoms with E-state index in [0.717, 1.165) is 40.2 Å². The molecule has 1 aliphatic carbocycles. The van der Waals surface area contributed by atoms with Crippen molar-refractivity contribution in [2.45, 2.75) is 45.1 Å². The van der Waals surface area contributed by atoms with Crippen LogP contribution in [0.1, 0.15) is 55.5 Å². The minimum absolute atomic E-state index is 0.0335. The van der Waals surface area contributed by atoms with Crippen LogP contribution in [-0.2, 0) is 16.0 Å². The number of nitrogens with two attached hydrogens (primary N) is 1. The second kappa shape index (κ2) is 10.6. The van der Waals surface area contributed by atoms with Crippen LogP contribution < -0.4 is 5.73 Å². The number of carbonyl (C=O) groups excluding carboxylic acids is 2. The minimum atomic E-state index is -0.732. The number of carbonyl (C=O) groups is 2. The summed E-state index contributed by atoms with van der Waals surface area (Å²) in [5.74, 6) is -0.259. The third kappa shape index (κ3) is 4.91. The smallest absolute Gasteiger partial charge is 0.244 e. The predicted molar refractivity (Wildman–Crippen MR) is 160 cm³/mol. The van der Waals surface area contributed by atoms with Crippen LogP contribution in [-0.4, -0.2) is 38.0 Å². The number of hydrogen-bond acceptors (Lipinski definition) is 4. The average Bonchev–Trinajstić information content (AvgIpc) is 3.40. The lowest BCUT2D eigenvalue weighted by Crippen LogP contribution is -2.50. The van der Waals surface area contributed by atoms with Gasteiger partial charge in [0.15, 0.2) is 0 Å². The second-order valence-corrected chi connectivity index (χ2v) is 12.4. The van der Waals surface area contributed by atoms with Crippen LogP contribution in [0.3, 0.4) is 0 Å². The predicted octanol–water partition coefficient (Wildman–Crippen LogP) is 6.37. The number of aromatic nitrogens is 3. The molecule has 210 valence electrons. The fourth-order valence-corrected chi connectivity index (χ4v) is 6.75. The van der Waals surface area contributed by atoms with Gasteiger partial charge in [0.25, 0.3) is 0 Å². The number of rotatable bonds is 6. The lowest BCUT2D eigenvalue weighted by molar-refractivity contribution is -0.143. The Kier molecular flexibility index (Phi) is 7.12. The minimum Gasteiger partial charge on any atom is -0.368 e. The molecule has 2 amide bonds. The lowest BCUT2D eigenvalue weighted by Gasteiger charge is -2.52. The first kappa shape index (κ1) is 27.5. The fourth-order valence-electron chi connectivity index (χ4n) is 6.46. The van der Waals surface area contributed by atoms with E-state index in [9.17, 15) is 9.59 Å². The molecule has 0 saturated heterocycles. The van der Waals surface area contributed by atoms with Crippen LogP contribution in [0.25, 0.3) is 16.9 Å². The van der Waals surface area contributed by atoms with E-state index in [0.29, 0.717) is 29.4 Å². The van der Waals surface area contributed by atoms with Crippen molar-refractivity contribution >= 4 is 35.0 Å². The van der Waals surface area contributed by atoms with Crippen LogP contribution in [0.2, 0.25) is 10.0 Å². The first-order valence-electron chi connectivity index (χ1n) is 13.8. The molecule has 2 N–H and O–H groups in total. The molecule has 1 aliphatic heterocycles. The Balaban J connectivity index is 1.27. The first-order valence-corrected chi connectivity index (χ1v) is 14.5. The Bertz CT molecular complexity index is 1630. The lowest BCUT2D eigenvalue weighted by atomic mass is 9.52. The van der Waals surface area contributed by atoms with E-state index in [1.807, 2.05) is 53.2 Å². The van der Waals surface area contributed by atoms with Crippen molar-refractivity contribution in [1.82, 2.24) is 19.7 Å². The zero-order valence-electron chi connectivity index (χ0n) is 22.9. The van der Waals surface area contributed by atoms with Crippen LogP contribution in [0.15, 0.2) is 73.1 Å². The standard InChI is InChI=1S/C32H31Cl2N5O2/c1-32(2)21(15-29(40)38-13-11-19-6-3-4-8-23(19)30(38)31(35)41)14-24(32)28-17-27(20-7-5-12-36-18-20)37-39(28)22-9-10-25(33)26(34)16-22/h3-10,12,16-18,21,24,30H,11,13-15H2,1-2H3,(H2,35,41)/t21-,24-,30?/m1/s1. The van der Waals surface area contributed by atoms with E-state index < -0.39 is 11.9 Å². The molecule has 0 spiro atoms. The van der Waals surface area contributed by atoms with Crippen LogP contribution in [0.5, 0.6) is 0 Å². The van der Waals surface area contributed by atoms with E-state index in [4.69, 9.17) is 34.0 Å². The maximum absolute atomic E-state index is 13.7. The summed E-state index contributed by atoms with van der Waals surface area (Å²) in [5.41, 5.74) is 11.1. The highest BCUT2D eigenvalue weighted by molar-refractivity contribution is 6.42. The van der Waals surface area contributed by atoms with Gasteiger partial charge in [0.05, 0.1) is 21.4 Å². The fraction of sp³-hybridized carbons (Fsp3) is 0.312. The van der Waals surface area contributed by atoms with Crippen molar-refractivity contribution in [3.63, 3.8) is 0 Å². The molecule has 9 heteroatoms. The molecule has 2 aromatic carbocycles. The molecule has 1 fully saturated rings. The maximum atomic E-state index is 13.7. The van der Waals surface area contributed by atoms with E-state index in [1.165, 1.54) is 0 Å². The molecule has 7 nitrogen and oxygen atoms in total. The molecule has 3 atom stereocenters. The topological polar surface area (TPSA) is 94.1 Å². The van der Waals surface area contributed by atoms with Crippen molar-refractivity contribution in [1.29, 1.82) is 0 Å². The van der Waals surface area contributed by atoms with Gasteiger partial charge >= 0.3 is 0 Å². The largest absolute Gasteiger partial charge is 0.368 e. The average molecular weight is 589 g/mol. The number of fused-ring (bicyclic) bond motifs is 1. The summed E-state index contributed by atoms with van der Waals surface area (Å²) in [7, 11) is 0. The van der Waals surface area contributed by atoms with Gasteiger partial charge in [-0.2, -0.15) is 5.10 Å². The number of hydrogen-bond donors (Lipinski definition) is 1. The molecule has 3 heterocycles. The summed E-state index contributed by atoms with van der Waals surface area (Å²) >= 11 is 12.6. The summed E-state index contributed by atoms with van der Waals surface area (Å²) in [6.45, 7) is 4.89. The zero-order valence-corrected chi connectivity index (χ0v) is 24.4. The van der Waals surface area contributed by atoms with E-state index in [2.05, 4.69) is 24.9 Å². The van der Waals surface area contributed by atoms with Gasteiger partial charge in [-0.15, -0.1) is 0 Å². The second-order valence-electron chi connectivity index (χ2n) is 11.6. The maximum Gasteiger partial charge on any atom is 0.244 e. The molecule has 41 heavy (non-hydrogen) atoms. The summed E-state index contributed by atoms with van der Waals surface area (Å²) < 4.78 is 1.93. The van der Waals surface area contributed by atoms with Gasteiger partial charge in [0.1, 0.15) is 6.04 Å². The number of primary amides is 1. The normalized spacial score (nSPS) is 21.2. The summed E-state index contributed by atoms with van der Waals surface area (Å²) in [5, 5.41) is 5.88. The third-order valence-corrected chi connectivity index (χ3v) is 9.70. The number of nitrogens with zero attached hydrogens (tertiary/aromatic N) is 4. The number of pyridine rings is 1. The zero-order chi connectivity index (χ0) is 28.9. The Hall–Kier alpha value is -3.68. The molecular weight excluding hydrogens is 557 g/mol. The van der Waals surface area contributed by atoms with Gasteiger partial charge in [-0.25, -0.2) is 4.68 Å². The molecule has 4 aromatic rings. The summed E-state index contributed by atoms with van der Waals surface area (Å²) in [6.07, 6.45) is 5.41. The molecule has 1 saturated carbocycles. The van der Waals surface area contributed by atoms with Crippen LogP contribution in [0.4, 0.5) is 0 Å². The van der Waals surface area contributed by atoms with E-state index in [-0.39, 0.29) is 23.2 Å². The SMILES string of the molecule is CC1(C)[C@@H](CC(=O)N2CCc3ccccc3C2C(N)=O)C[C@@H]1c1cc(-c2cccnc2)nn1-c1ccc(Cl)c(Cl)c1. The third-order valence-electron chi connectivity index (χ3n) is 8.96. The molecule has 2 aromatic heterocycles. The van der Waals surface area contributed by atoms with Gasteiger partial charge in [0.2, 0.25) is 11.8 Å². The first-order chi connectivity index (χ1) is 19.6. The highest BCUT2D eigenvalue weighted by atomic mass is 35.5. The Morgan fingerprint density at radius 3 is 2.56 bits per heavy atom. The van der Waals surface area contributed by atoms with Gasteiger partial charge in [-0.1, -0.05) is 61.3 Å². The Morgan fingerprint density at radius 1 is 1.05 bits per heavy atom. The molecule has 0 bridgehead atoms. The molecule has 0 radical (unpaired) electrons. The van der Waals surface area contributed by atoms with Crippen molar-refractivity contribution < 1.29 is 9.59 Å². The Morgan fingerprint density at radius 2 is 1.85 bits per heavy atom. The van der Waals surface area contributed by atoms with Gasteiger partial charge in [-0.05, 0) is 71.7 Å². The summed E-state index contributed by atoms with van der Waals surface area (Å²) in [6, 6.07) is 18.5. The van der Waals surface area contributed by atoms with Crippen molar-refractivity contribution in [2.75, 3.05) is 6.54 Å². The number of amides is 2. The van der Waals surface area contributed by atoms with E-state index >= 15 is 0 Å². The highest BCUT2D eigenvalue weighted by Crippen LogP contribution is 2.59. The number of benzene rings is 2. The molecule has 6 rings (SSSR count). The van der Waals surface area contributed by atoms with E-state index in [1.54, 1.807) is 23.4 Å². The van der Waals surface area contributed by atoms with Crippen molar-refractivity contribution in [2.24, 2.45) is 17.1 Å². The molecule has 1 unspecified atom stereocenters. The Labute approximate surface area is 249 Å². The van der Waals surface area contributed by atoms with Crippen LogP contribution >= 0.6 is 23.2 Å². The molecular formula is C32H31Cl2N5O2. The highest BCUT2D eigenvalue weighted by Gasteiger charge is 2.51. The monoisotopic (exact) mass is 587 g/mol. The number of halogens is 2. The van der Waals surface area contributed by atoms with Crippen molar-refractivity contribution in [3.05, 3.63) is 99.9 Å². The van der Waals surface area contributed by atoms with Gasteiger partial charge in [-0.3, -0.25) is 14.6 Å². The van der Waals surface area contributed by atoms with Gasteiger partial charge < -0.3 is 10.6 Å². The van der Waals surface area contributed by atoms with Gasteiger partial charge in [0, 0.05) is 42.5 Å². The van der Waals surface area contributed by atoms with Crippen LogP contribution in [0, 0.1) is 11.3 Å². The van der Waals surface area contributed by atoms with Crippen molar-refractivity contribution in [3.8, 4) is 16.9 Å². The summed E-state index contributed by atoms with van der Waals surface area (Å²) in [4.78, 5) is 32.1. The quantitative estimate of drug-likeness (QED) is 0.283. The molecule has 2 aliphatic rings.